The van der Waals surface area contributed by atoms with Crippen LogP contribution >= 0.6 is 11.6 Å². The number of hydrogen-bond donors (Lipinski definition) is 1. The molecule has 0 saturated carbocycles. The van der Waals surface area contributed by atoms with E-state index in [9.17, 15) is 4.79 Å². The van der Waals surface area contributed by atoms with Crippen molar-refractivity contribution in [2.75, 3.05) is 42.3 Å². The summed E-state index contributed by atoms with van der Waals surface area (Å²) in [5.74, 6) is -0.134. The van der Waals surface area contributed by atoms with Crippen molar-refractivity contribution >= 4 is 34.6 Å². The third-order valence-electron chi connectivity index (χ3n) is 4.53. The number of benzene rings is 2. The standard InChI is InChI=1S/C20H24ClN3O/c1-23(2)17-8-6-7-15(13-17)20(25)22-16-9-10-19(18(21)14-16)24-11-4-3-5-12-24/h6-10,13-14H,3-5,11-12H2,1-2H3,(H,22,25). The van der Waals surface area contributed by atoms with Gasteiger partial charge < -0.3 is 15.1 Å². The molecular weight excluding hydrogens is 334 g/mol. The first-order chi connectivity index (χ1) is 12.0. The molecule has 1 amide bonds. The summed E-state index contributed by atoms with van der Waals surface area (Å²) in [4.78, 5) is 16.8. The first-order valence-electron chi connectivity index (χ1n) is 8.68. The summed E-state index contributed by atoms with van der Waals surface area (Å²) >= 11 is 6.46. The van der Waals surface area contributed by atoms with Crippen LogP contribution in [0.3, 0.4) is 0 Å². The summed E-state index contributed by atoms with van der Waals surface area (Å²) in [6.07, 6.45) is 3.70. The number of piperidine rings is 1. The molecule has 5 heteroatoms. The summed E-state index contributed by atoms with van der Waals surface area (Å²) in [6.45, 7) is 2.09. The summed E-state index contributed by atoms with van der Waals surface area (Å²) in [7, 11) is 3.91. The second-order valence-corrected chi connectivity index (χ2v) is 7.02. The van der Waals surface area contributed by atoms with E-state index >= 15 is 0 Å². The van der Waals surface area contributed by atoms with Crippen LogP contribution in [0.4, 0.5) is 17.1 Å². The van der Waals surface area contributed by atoms with Crippen molar-refractivity contribution in [2.45, 2.75) is 19.3 Å². The first kappa shape index (κ1) is 17.6. The predicted octanol–water partition coefficient (Wildman–Crippen LogP) is 4.65. The number of carbonyl (C=O) groups is 1. The zero-order chi connectivity index (χ0) is 17.8. The van der Waals surface area contributed by atoms with Crippen molar-refractivity contribution in [2.24, 2.45) is 0 Å². The van der Waals surface area contributed by atoms with E-state index in [0.29, 0.717) is 16.3 Å². The lowest BCUT2D eigenvalue weighted by molar-refractivity contribution is 0.102. The van der Waals surface area contributed by atoms with Crippen LogP contribution in [0.25, 0.3) is 0 Å². The van der Waals surface area contributed by atoms with Crippen LogP contribution in [0.2, 0.25) is 5.02 Å². The molecule has 0 aromatic heterocycles. The minimum absolute atomic E-state index is 0.134. The Morgan fingerprint density at radius 2 is 1.84 bits per heavy atom. The number of nitrogens with zero attached hydrogens (tertiary/aromatic N) is 2. The quantitative estimate of drug-likeness (QED) is 0.865. The summed E-state index contributed by atoms with van der Waals surface area (Å²) in [5, 5.41) is 3.62. The zero-order valence-electron chi connectivity index (χ0n) is 14.8. The Kier molecular flexibility index (Phi) is 5.49. The van der Waals surface area contributed by atoms with Gasteiger partial charge in [-0.25, -0.2) is 0 Å². The lowest BCUT2D eigenvalue weighted by Crippen LogP contribution is -2.29. The van der Waals surface area contributed by atoms with Crippen LogP contribution in [-0.4, -0.2) is 33.1 Å². The van der Waals surface area contributed by atoms with E-state index in [1.165, 1.54) is 19.3 Å². The molecule has 0 unspecified atom stereocenters. The molecule has 1 aliphatic heterocycles. The molecule has 0 atom stereocenters. The summed E-state index contributed by atoms with van der Waals surface area (Å²) < 4.78 is 0. The number of halogens is 1. The van der Waals surface area contributed by atoms with Gasteiger partial charge in [-0.15, -0.1) is 0 Å². The van der Waals surface area contributed by atoms with Crippen LogP contribution in [-0.2, 0) is 0 Å². The van der Waals surface area contributed by atoms with Crippen molar-refractivity contribution in [1.29, 1.82) is 0 Å². The largest absolute Gasteiger partial charge is 0.378 e. The van der Waals surface area contributed by atoms with E-state index < -0.39 is 0 Å². The highest BCUT2D eigenvalue weighted by Gasteiger charge is 2.15. The third-order valence-corrected chi connectivity index (χ3v) is 4.83. The topological polar surface area (TPSA) is 35.6 Å². The van der Waals surface area contributed by atoms with Gasteiger partial charge in [0.2, 0.25) is 0 Å². The molecule has 0 spiro atoms. The lowest BCUT2D eigenvalue weighted by Gasteiger charge is -2.29. The number of anilines is 3. The van der Waals surface area contributed by atoms with Gasteiger partial charge in [0, 0.05) is 44.1 Å². The predicted molar refractivity (Wildman–Crippen MR) is 106 cm³/mol. The third kappa shape index (κ3) is 4.26. The zero-order valence-corrected chi connectivity index (χ0v) is 15.5. The van der Waals surface area contributed by atoms with Crippen molar-refractivity contribution in [3.63, 3.8) is 0 Å². The fraction of sp³-hybridized carbons (Fsp3) is 0.350. The number of amides is 1. The normalized spacial score (nSPS) is 14.3. The molecule has 0 aliphatic carbocycles. The molecule has 3 rings (SSSR count). The van der Waals surface area contributed by atoms with Crippen molar-refractivity contribution in [1.82, 2.24) is 0 Å². The van der Waals surface area contributed by atoms with Crippen LogP contribution in [0.5, 0.6) is 0 Å². The highest BCUT2D eigenvalue weighted by molar-refractivity contribution is 6.33. The Hall–Kier alpha value is -2.20. The van der Waals surface area contributed by atoms with E-state index in [1.54, 1.807) is 0 Å². The maximum Gasteiger partial charge on any atom is 0.255 e. The van der Waals surface area contributed by atoms with E-state index in [2.05, 4.69) is 10.2 Å². The molecule has 1 fully saturated rings. The molecular formula is C20H24ClN3O. The molecule has 2 aromatic carbocycles. The number of hydrogen-bond acceptors (Lipinski definition) is 3. The fourth-order valence-corrected chi connectivity index (χ4v) is 3.40. The average molecular weight is 358 g/mol. The van der Waals surface area contributed by atoms with Gasteiger partial charge in [-0.1, -0.05) is 17.7 Å². The van der Waals surface area contributed by atoms with Gasteiger partial charge in [0.1, 0.15) is 0 Å². The molecule has 4 nitrogen and oxygen atoms in total. The molecule has 1 heterocycles. The van der Waals surface area contributed by atoms with Gasteiger partial charge in [0.25, 0.3) is 5.91 Å². The molecule has 132 valence electrons. The Morgan fingerprint density at radius 1 is 1.08 bits per heavy atom. The molecule has 25 heavy (non-hydrogen) atoms. The molecule has 2 aromatic rings. The minimum Gasteiger partial charge on any atom is -0.378 e. The van der Waals surface area contributed by atoms with E-state index in [1.807, 2.05) is 61.5 Å². The second-order valence-electron chi connectivity index (χ2n) is 6.61. The smallest absolute Gasteiger partial charge is 0.255 e. The van der Waals surface area contributed by atoms with E-state index in [0.717, 1.165) is 24.5 Å². The van der Waals surface area contributed by atoms with Crippen molar-refractivity contribution in [3.05, 3.63) is 53.1 Å². The average Bonchev–Trinajstić information content (AvgIpc) is 2.62. The Balaban J connectivity index is 1.73. The van der Waals surface area contributed by atoms with Gasteiger partial charge in [0.15, 0.2) is 0 Å². The van der Waals surface area contributed by atoms with Gasteiger partial charge in [-0.05, 0) is 55.7 Å². The first-order valence-corrected chi connectivity index (χ1v) is 9.05. The number of nitrogens with one attached hydrogen (secondary N) is 1. The number of rotatable bonds is 4. The van der Waals surface area contributed by atoms with Gasteiger partial charge >= 0.3 is 0 Å². The highest BCUT2D eigenvalue weighted by Crippen LogP contribution is 2.31. The minimum atomic E-state index is -0.134. The molecule has 1 N–H and O–H groups in total. The Morgan fingerprint density at radius 3 is 2.52 bits per heavy atom. The van der Waals surface area contributed by atoms with E-state index in [-0.39, 0.29) is 5.91 Å². The van der Waals surface area contributed by atoms with Gasteiger partial charge in [-0.2, -0.15) is 0 Å². The Bertz CT molecular complexity index is 754. The highest BCUT2D eigenvalue weighted by atomic mass is 35.5. The monoisotopic (exact) mass is 357 g/mol. The SMILES string of the molecule is CN(C)c1cccc(C(=O)Nc2ccc(N3CCCCC3)c(Cl)c2)c1. The van der Waals surface area contributed by atoms with Crippen molar-refractivity contribution < 1.29 is 4.79 Å². The van der Waals surface area contributed by atoms with E-state index in [4.69, 9.17) is 11.6 Å². The lowest BCUT2D eigenvalue weighted by atomic mass is 10.1. The van der Waals surface area contributed by atoms with Crippen molar-refractivity contribution in [3.8, 4) is 0 Å². The molecule has 1 aliphatic rings. The van der Waals surface area contributed by atoms with Gasteiger partial charge in [0.05, 0.1) is 10.7 Å². The van der Waals surface area contributed by atoms with Crippen LogP contribution in [0, 0.1) is 0 Å². The van der Waals surface area contributed by atoms with Gasteiger partial charge in [-0.3, -0.25) is 4.79 Å². The second kappa shape index (κ2) is 7.79. The maximum absolute atomic E-state index is 12.5. The molecule has 1 saturated heterocycles. The summed E-state index contributed by atoms with van der Waals surface area (Å²) in [6, 6.07) is 13.3. The van der Waals surface area contributed by atoms with Crippen LogP contribution in [0.15, 0.2) is 42.5 Å². The summed E-state index contributed by atoms with van der Waals surface area (Å²) in [5.41, 5.74) is 3.38. The van der Waals surface area contributed by atoms with Crippen LogP contribution in [0.1, 0.15) is 29.6 Å². The fourth-order valence-electron chi connectivity index (χ4n) is 3.10. The van der Waals surface area contributed by atoms with Crippen LogP contribution < -0.4 is 15.1 Å². The molecule has 0 radical (unpaired) electrons. The maximum atomic E-state index is 12.5. The Labute approximate surface area is 154 Å². The molecule has 0 bridgehead atoms. The number of carbonyl (C=O) groups excluding carboxylic acids is 1.